The standard InChI is InChI=1S/C26H31NO5/c1-20-30-19-23(16-6-2-3-11-17-25(28)29)24(31-20)18-27-32-26(21-12-7-4-8-13-21)22-14-9-5-10-15-22/h2,4-10,12-15,18,20,23-24,26H,3,11,16-17,19H2,1H3,(H,28,29)/b6-2-,27-18+/t20-,23+,24+/m1/s1. The quantitative estimate of drug-likeness (QED) is 0.222. The zero-order valence-electron chi connectivity index (χ0n) is 18.4. The van der Waals surface area contributed by atoms with Crippen molar-refractivity contribution in [3.05, 3.63) is 83.9 Å². The van der Waals surface area contributed by atoms with Crippen molar-refractivity contribution in [3.8, 4) is 0 Å². The van der Waals surface area contributed by atoms with Crippen LogP contribution in [0, 0.1) is 5.92 Å². The molecule has 1 fully saturated rings. The first-order valence-corrected chi connectivity index (χ1v) is 11.1. The zero-order valence-corrected chi connectivity index (χ0v) is 18.4. The molecule has 1 N–H and O–H groups in total. The van der Waals surface area contributed by atoms with Gasteiger partial charge in [0, 0.05) is 12.3 Å². The number of nitrogens with zero attached hydrogens (tertiary/aromatic N) is 1. The van der Waals surface area contributed by atoms with Crippen LogP contribution in [0.3, 0.4) is 0 Å². The molecular formula is C26H31NO5. The molecule has 0 aliphatic carbocycles. The van der Waals surface area contributed by atoms with E-state index in [4.69, 9.17) is 19.4 Å². The van der Waals surface area contributed by atoms with Crippen molar-refractivity contribution in [1.82, 2.24) is 0 Å². The number of rotatable bonds is 11. The number of hydrogen-bond acceptors (Lipinski definition) is 5. The van der Waals surface area contributed by atoms with E-state index in [-0.39, 0.29) is 30.8 Å². The van der Waals surface area contributed by atoms with Gasteiger partial charge >= 0.3 is 5.97 Å². The Morgan fingerprint density at radius 2 is 1.78 bits per heavy atom. The van der Waals surface area contributed by atoms with Crippen LogP contribution in [0.2, 0.25) is 0 Å². The Labute approximate surface area is 189 Å². The summed E-state index contributed by atoms with van der Waals surface area (Å²) in [5.41, 5.74) is 2.05. The molecule has 170 valence electrons. The van der Waals surface area contributed by atoms with Crippen molar-refractivity contribution >= 4 is 12.2 Å². The van der Waals surface area contributed by atoms with Crippen LogP contribution in [0.1, 0.15) is 49.8 Å². The second-order valence-electron chi connectivity index (χ2n) is 7.82. The van der Waals surface area contributed by atoms with Crippen LogP contribution in [-0.2, 0) is 19.1 Å². The van der Waals surface area contributed by atoms with Crippen LogP contribution in [0.15, 0.2) is 78.0 Å². The molecule has 1 heterocycles. The smallest absolute Gasteiger partial charge is 0.303 e. The van der Waals surface area contributed by atoms with E-state index in [1.165, 1.54) is 0 Å². The lowest BCUT2D eigenvalue weighted by Crippen LogP contribution is -2.39. The average Bonchev–Trinajstić information content (AvgIpc) is 2.81. The van der Waals surface area contributed by atoms with E-state index in [0.29, 0.717) is 13.0 Å². The molecule has 0 unspecified atom stereocenters. The average molecular weight is 438 g/mol. The van der Waals surface area contributed by atoms with Gasteiger partial charge in [0.1, 0.15) is 6.10 Å². The van der Waals surface area contributed by atoms with Crippen molar-refractivity contribution in [2.24, 2.45) is 11.1 Å². The number of hydrogen-bond donors (Lipinski definition) is 1. The van der Waals surface area contributed by atoms with Gasteiger partial charge in [-0.3, -0.25) is 4.79 Å². The summed E-state index contributed by atoms with van der Waals surface area (Å²) in [5, 5.41) is 13.0. The Bertz CT molecular complexity index is 829. The minimum absolute atomic E-state index is 0.112. The first kappa shape index (κ1) is 23.7. The lowest BCUT2D eigenvalue weighted by atomic mass is 9.98. The molecule has 3 atom stereocenters. The predicted octanol–water partition coefficient (Wildman–Crippen LogP) is 5.36. The number of oxime groups is 1. The van der Waals surface area contributed by atoms with Crippen LogP contribution >= 0.6 is 0 Å². The third-order valence-corrected chi connectivity index (χ3v) is 5.30. The number of ether oxygens (including phenoxy) is 2. The number of unbranched alkanes of at least 4 members (excludes halogenated alkanes) is 1. The monoisotopic (exact) mass is 437 g/mol. The maximum atomic E-state index is 10.6. The number of carboxylic acids is 1. The Morgan fingerprint density at radius 1 is 1.12 bits per heavy atom. The molecule has 2 aromatic rings. The fraction of sp³-hybridized carbons (Fsp3) is 0.385. The van der Waals surface area contributed by atoms with Gasteiger partial charge in [0.15, 0.2) is 12.4 Å². The third-order valence-electron chi connectivity index (χ3n) is 5.30. The number of benzene rings is 2. The molecule has 6 nitrogen and oxygen atoms in total. The van der Waals surface area contributed by atoms with Gasteiger partial charge in [-0.25, -0.2) is 0 Å². The highest BCUT2D eigenvalue weighted by Gasteiger charge is 2.28. The number of carbonyl (C=O) groups is 1. The van der Waals surface area contributed by atoms with Crippen molar-refractivity contribution < 1.29 is 24.2 Å². The molecule has 3 rings (SSSR count). The maximum absolute atomic E-state index is 10.6. The van der Waals surface area contributed by atoms with Gasteiger partial charge in [0.2, 0.25) is 0 Å². The van der Waals surface area contributed by atoms with Crippen LogP contribution < -0.4 is 0 Å². The fourth-order valence-corrected chi connectivity index (χ4v) is 3.57. The van der Waals surface area contributed by atoms with Gasteiger partial charge < -0.3 is 19.4 Å². The van der Waals surface area contributed by atoms with E-state index in [2.05, 4.69) is 11.2 Å². The van der Waals surface area contributed by atoms with Gasteiger partial charge in [-0.15, -0.1) is 0 Å². The second-order valence-corrected chi connectivity index (χ2v) is 7.82. The third kappa shape index (κ3) is 7.62. The molecule has 1 aliphatic heterocycles. The largest absolute Gasteiger partial charge is 0.481 e. The van der Waals surface area contributed by atoms with E-state index in [1.54, 1.807) is 6.21 Å². The van der Waals surface area contributed by atoms with Gasteiger partial charge in [-0.2, -0.15) is 0 Å². The SMILES string of the molecule is C[C@@H]1OC[C@H](C/C=C\CCCC(=O)O)[C@H](/C=N/OC(c2ccccc2)c2ccccc2)O1. The Kier molecular flexibility index (Phi) is 9.47. The molecule has 6 heteroatoms. The first-order chi connectivity index (χ1) is 15.6. The van der Waals surface area contributed by atoms with Gasteiger partial charge in [-0.05, 0) is 37.3 Å². The number of aliphatic carboxylic acids is 1. The van der Waals surface area contributed by atoms with Crippen LogP contribution in [0.25, 0.3) is 0 Å². The van der Waals surface area contributed by atoms with E-state index < -0.39 is 5.97 Å². The highest BCUT2D eigenvalue weighted by Crippen LogP contribution is 2.27. The van der Waals surface area contributed by atoms with Crippen LogP contribution in [0.4, 0.5) is 0 Å². The zero-order chi connectivity index (χ0) is 22.6. The van der Waals surface area contributed by atoms with Gasteiger partial charge in [-0.1, -0.05) is 78.0 Å². The van der Waals surface area contributed by atoms with Crippen molar-refractivity contribution in [2.75, 3.05) is 6.61 Å². The van der Waals surface area contributed by atoms with Crippen LogP contribution in [0.5, 0.6) is 0 Å². The first-order valence-electron chi connectivity index (χ1n) is 11.1. The van der Waals surface area contributed by atoms with E-state index in [0.717, 1.165) is 24.0 Å². The summed E-state index contributed by atoms with van der Waals surface area (Å²) < 4.78 is 11.6. The molecule has 0 saturated carbocycles. The van der Waals surface area contributed by atoms with E-state index in [9.17, 15) is 4.79 Å². The fourth-order valence-electron chi connectivity index (χ4n) is 3.57. The van der Waals surface area contributed by atoms with Crippen molar-refractivity contribution in [3.63, 3.8) is 0 Å². The molecule has 0 bridgehead atoms. The summed E-state index contributed by atoms with van der Waals surface area (Å²) in [4.78, 5) is 16.6. The molecule has 2 aromatic carbocycles. The highest BCUT2D eigenvalue weighted by atomic mass is 16.7. The molecule has 0 aromatic heterocycles. The lowest BCUT2D eigenvalue weighted by Gasteiger charge is -2.32. The van der Waals surface area contributed by atoms with E-state index >= 15 is 0 Å². The summed E-state index contributed by atoms with van der Waals surface area (Å²) in [7, 11) is 0. The molecule has 1 saturated heterocycles. The predicted molar refractivity (Wildman–Crippen MR) is 123 cm³/mol. The molecule has 0 spiro atoms. The van der Waals surface area contributed by atoms with Crippen molar-refractivity contribution in [1.29, 1.82) is 0 Å². The summed E-state index contributed by atoms with van der Waals surface area (Å²) in [6, 6.07) is 20.0. The maximum Gasteiger partial charge on any atom is 0.303 e. The van der Waals surface area contributed by atoms with Gasteiger partial charge in [0.05, 0.1) is 12.8 Å². The minimum atomic E-state index is -0.762. The molecular weight excluding hydrogens is 406 g/mol. The number of carboxylic acid groups (broad SMARTS) is 1. The van der Waals surface area contributed by atoms with Crippen LogP contribution in [-0.4, -0.2) is 36.3 Å². The molecule has 0 amide bonds. The van der Waals surface area contributed by atoms with Gasteiger partial charge in [0.25, 0.3) is 0 Å². The Morgan fingerprint density at radius 3 is 2.41 bits per heavy atom. The second kappa shape index (κ2) is 12.8. The molecule has 0 radical (unpaired) electrons. The highest BCUT2D eigenvalue weighted by molar-refractivity contribution is 5.66. The topological polar surface area (TPSA) is 77.4 Å². The lowest BCUT2D eigenvalue weighted by molar-refractivity contribution is -0.207. The summed E-state index contributed by atoms with van der Waals surface area (Å²) in [6.07, 6.45) is 7.30. The summed E-state index contributed by atoms with van der Waals surface area (Å²) >= 11 is 0. The molecule has 1 aliphatic rings. The normalized spacial score (nSPS) is 21.4. The number of allylic oxidation sites excluding steroid dienone is 2. The summed E-state index contributed by atoms with van der Waals surface area (Å²) in [6.45, 7) is 2.44. The Balaban J connectivity index is 1.61. The van der Waals surface area contributed by atoms with E-state index in [1.807, 2.05) is 73.7 Å². The minimum Gasteiger partial charge on any atom is -0.481 e. The summed E-state index contributed by atoms with van der Waals surface area (Å²) in [5.74, 6) is -0.650. The Hall–Kier alpha value is -2.96. The van der Waals surface area contributed by atoms with Crippen molar-refractivity contribution in [2.45, 2.75) is 51.1 Å². The molecule has 32 heavy (non-hydrogen) atoms.